The molecule has 1 aliphatic heterocycles. The lowest BCUT2D eigenvalue weighted by molar-refractivity contribution is -0.170. The standard InChI is InChI=1S/C24H24N6O7S/c1-24(20(31)22(32)26-14-3-8-17-18(13-14)37-28-21(17)25)23(33)29(11-12-36-24)19-9-10-30(27-19)15-4-6-16(7-5-15)38(2,34)35/h3-10,13,20,31H,11-12H2,1-2H3,(H2,25,28)(H,26,32)/t20-,24+/m0/s1. The van der Waals surface area contributed by atoms with Gasteiger partial charge in [0.05, 0.1) is 29.1 Å². The lowest BCUT2D eigenvalue weighted by Crippen LogP contribution is -2.63. The zero-order chi connectivity index (χ0) is 27.2. The summed E-state index contributed by atoms with van der Waals surface area (Å²) in [4.78, 5) is 27.8. The maximum absolute atomic E-state index is 13.4. The summed E-state index contributed by atoms with van der Waals surface area (Å²) >= 11 is 0. The molecule has 14 heteroatoms. The van der Waals surface area contributed by atoms with Crippen molar-refractivity contribution in [2.75, 3.05) is 35.4 Å². The maximum atomic E-state index is 13.4. The van der Waals surface area contributed by atoms with E-state index in [0.29, 0.717) is 22.3 Å². The van der Waals surface area contributed by atoms with Crippen molar-refractivity contribution in [3.63, 3.8) is 0 Å². The first kappa shape index (κ1) is 25.4. The topological polar surface area (TPSA) is 183 Å². The van der Waals surface area contributed by atoms with Crippen molar-refractivity contribution >= 4 is 49.9 Å². The highest BCUT2D eigenvalue weighted by molar-refractivity contribution is 7.90. The maximum Gasteiger partial charge on any atom is 0.263 e. The molecule has 2 amide bonds. The number of nitrogens with zero attached hydrogens (tertiary/aromatic N) is 4. The van der Waals surface area contributed by atoms with E-state index < -0.39 is 33.4 Å². The summed E-state index contributed by atoms with van der Waals surface area (Å²) in [7, 11) is -3.34. The van der Waals surface area contributed by atoms with Crippen LogP contribution in [0.5, 0.6) is 0 Å². The molecule has 1 aliphatic rings. The first-order chi connectivity index (χ1) is 18.0. The molecule has 2 aromatic heterocycles. The SMILES string of the molecule is C[C@]1([C@@H](O)C(=O)Nc2ccc3c(N)noc3c2)OCCN(c2ccn(-c3ccc(S(C)(=O)=O)cc3)n2)C1=O. The summed E-state index contributed by atoms with van der Waals surface area (Å²) < 4.78 is 35.6. The fourth-order valence-electron chi connectivity index (χ4n) is 4.14. The second-order valence-electron chi connectivity index (χ2n) is 8.97. The number of nitrogens with two attached hydrogens (primary N) is 1. The molecule has 0 spiro atoms. The number of rotatable bonds is 6. The van der Waals surface area contributed by atoms with Gasteiger partial charge in [0.2, 0.25) is 0 Å². The van der Waals surface area contributed by atoms with Crippen molar-refractivity contribution in [1.82, 2.24) is 14.9 Å². The number of carbonyl (C=O) groups is 2. The number of carbonyl (C=O) groups excluding carboxylic acids is 2. The third-order valence-electron chi connectivity index (χ3n) is 6.31. The number of sulfone groups is 1. The van der Waals surface area contributed by atoms with Crippen LogP contribution in [0.15, 0.2) is 64.1 Å². The molecule has 2 atom stereocenters. The smallest absolute Gasteiger partial charge is 0.263 e. The Hall–Kier alpha value is -4.27. The van der Waals surface area contributed by atoms with Gasteiger partial charge in [-0.25, -0.2) is 13.1 Å². The number of hydrogen-bond donors (Lipinski definition) is 3. The number of benzene rings is 2. The largest absolute Gasteiger partial charge is 0.380 e. The Morgan fingerprint density at radius 2 is 1.95 bits per heavy atom. The predicted molar refractivity (Wildman–Crippen MR) is 136 cm³/mol. The van der Waals surface area contributed by atoms with Gasteiger partial charge in [0, 0.05) is 30.3 Å². The molecule has 198 valence electrons. The Kier molecular flexibility index (Phi) is 6.17. The van der Waals surface area contributed by atoms with Crippen LogP contribution in [-0.4, -0.2) is 71.4 Å². The van der Waals surface area contributed by atoms with Gasteiger partial charge in [0.1, 0.15) is 0 Å². The average Bonchev–Trinajstić information content (AvgIpc) is 3.52. The van der Waals surface area contributed by atoms with E-state index in [1.54, 1.807) is 36.5 Å². The second-order valence-corrected chi connectivity index (χ2v) is 11.0. The van der Waals surface area contributed by atoms with Crippen LogP contribution in [0.2, 0.25) is 0 Å². The summed E-state index contributed by atoms with van der Waals surface area (Å²) in [5.74, 6) is -1.02. The Balaban J connectivity index is 1.33. The van der Waals surface area contributed by atoms with Crippen molar-refractivity contribution in [2.24, 2.45) is 0 Å². The van der Waals surface area contributed by atoms with E-state index in [2.05, 4.69) is 15.6 Å². The minimum absolute atomic E-state index is 0.0474. The molecular weight excluding hydrogens is 516 g/mol. The van der Waals surface area contributed by atoms with Gasteiger partial charge >= 0.3 is 0 Å². The van der Waals surface area contributed by atoms with Crippen molar-refractivity contribution in [3.8, 4) is 5.69 Å². The fourth-order valence-corrected chi connectivity index (χ4v) is 4.77. The number of anilines is 3. The Labute approximate surface area is 216 Å². The van der Waals surface area contributed by atoms with Gasteiger partial charge < -0.3 is 25.4 Å². The lowest BCUT2D eigenvalue weighted by atomic mass is 9.94. The third-order valence-corrected chi connectivity index (χ3v) is 7.43. The third kappa shape index (κ3) is 4.49. The minimum atomic E-state index is -3.34. The molecule has 0 aliphatic carbocycles. The molecule has 0 radical (unpaired) electrons. The lowest BCUT2D eigenvalue weighted by Gasteiger charge is -2.40. The number of ether oxygens (including phenoxy) is 1. The number of morpholine rings is 1. The van der Waals surface area contributed by atoms with Gasteiger partial charge in [0.25, 0.3) is 11.8 Å². The fraction of sp³-hybridized carbons (Fsp3) is 0.250. The zero-order valence-corrected chi connectivity index (χ0v) is 21.2. The predicted octanol–water partition coefficient (Wildman–Crippen LogP) is 1.12. The zero-order valence-electron chi connectivity index (χ0n) is 20.4. The highest BCUT2D eigenvalue weighted by atomic mass is 32.2. The monoisotopic (exact) mass is 540 g/mol. The molecule has 2 aromatic carbocycles. The van der Waals surface area contributed by atoms with Crippen LogP contribution < -0.4 is 16.0 Å². The molecule has 0 unspecified atom stereocenters. The summed E-state index contributed by atoms with van der Waals surface area (Å²) in [6.07, 6.45) is 0.883. The number of aliphatic hydroxyl groups is 1. The number of fused-ring (bicyclic) bond motifs is 1. The van der Waals surface area contributed by atoms with Crippen molar-refractivity contribution in [3.05, 3.63) is 54.7 Å². The van der Waals surface area contributed by atoms with E-state index in [-0.39, 0.29) is 29.7 Å². The first-order valence-corrected chi connectivity index (χ1v) is 13.3. The summed E-state index contributed by atoms with van der Waals surface area (Å²) in [6, 6.07) is 12.4. The van der Waals surface area contributed by atoms with E-state index in [1.165, 1.54) is 34.7 Å². The quantitative estimate of drug-likeness (QED) is 0.320. The van der Waals surface area contributed by atoms with E-state index >= 15 is 0 Å². The molecule has 3 heterocycles. The Morgan fingerprint density at radius 1 is 1.21 bits per heavy atom. The van der Waals surface area contributed by atoms with E-state index in [0.717, 1.165) is 6.26 Å². The molecule has 1 fully saturated rings. The van der Waals surface area contributed by atoms with E-state index in [1.807, 2.05) is 0 Å². The molecule has 5 rings (SSSR count). The summed E-state index contributed by atoms with van der Waals surface area (Å²) in [5.41, 5.74) is 5.05. The van der Waals surface area contributed by atoms with E-state index in [4.69, 9.17) is 15.0 Å². The number of hydrogen-bond acceptors (Lipinski definition) is 10. The van der Waals surface area contributed by atoms with Crippen LogP contribution >= 0.6 is 0 Å². The van der Waals surface area contributed by atoms with Gasteiger partial charge in [0.15, 0.2) is 38.8 Å². The molecule has 4 N–H and O–H groups in total. The summed E-state index contributed by atoms with van der Waals surface area (Å²) in [6.45, 7) is 1.54. The molecule has 13 nitrogen and oxygen atoms in total. The Morgan fingerprint density at radius 3 is 2.66 bits per heavy atom. The van der Waals surface area contributed by atoms with Crippen molar-refractivity contribution in [2.45, 2.75) is 23.5 Å². The van der Waals surface area contributed by atoms with Crippen LogP contribution in [0.1, 0.15) is 6.92 Å². The summed E-state index contributed by atoms with van der Waals surface area (Å²) in [5, 5.41) is 22.1. The number of aliphatic hydroxyl groups excluding tert-OH is 1. The van der Waals surface area contributed by atoms with Gasteiger partial charge in [-0.2, -0.15) is 0 Å². The normalized spacial score (nSPS) is 19.0. The van der Waals surface area contributed by atoms with Crippen molar-refractivity contribution < 1.29 is 32.4 Å². The molecule has 0 saturated carbocycles. The van der Waals surface area contributed by atoms with Crippen LogP contribution in [-0.2, 0) is 24.2 Å². The van der Waals surface area contributed by atoms with Crippen LogP contribution in [0.3, 0.4) is 0 Å². The molecule has 0 bridgehead atoms. The van der Waals surface area contributed by atoms with Crippen LogP contribution in [0, 0.1) is 0 Å². The van der Waals surface area contributed by atoms with E-state index in [9.17, 15) is 23.1 Å². The highest BCUT2D eigenvalue weighted by Crippen LogP contribution is 2.29. The van der Waals surface area contributed by atoms with Gasteiger partial charge in [-0.05, 0) is 43.3 Å². The van der Waals surface area contributed by atoms with Gasteiger partial charge in [-0.1, -0.05) is 5.16 Å². The second kappa shape index (κ2) is 9.24. The Bertz CT molecular complexity index is 1650. The number of nitrogens with one attached hydrogen (secondary N) is 1. The molecule has 4 aromatic rings. The molecule has 1 saturated heterocycles. The molecular formula is C24H24N6O7S. The first-order valence-electron chi connectivity index (χ1n) is 11.4. The average molecular weight is 541 g/mol. The van der Waals surface area contributed by atoms with Crippen LogP contribution in [0.4, 0.5) is 17.3 Å². The van der Waals surface area contributed by atoms with Gasteiger partial charge in [-0.3, -0.25) is 14.5 Å². The van der Waals surface area contributed by atoms with Crippen LogP contribution in [0.25, 0.3) is 16.7 Å². The van der Waals surface area contributed by atoms with Crippen molar-refractivity contribution in [1.29, 1.82) is 0 Å². The van der Waals surface area contributed by atoms with Gasteiger partial charge in [-0.15, -0.1) is 5.10 Å². The number of amides is 2. The molecule has 38 heavy (non-hydrogen) atoms. The number of nitrogen functional groups attached to an aromatic ring is 1. The highest BCUT2D eigenvalue weighted by Gasteiger charge is 2.51. The number of aromatic nitrogens is 3. The minimum Gasteiger partial charge on any atom is -0.380 e.